The Labute approximate surface area is 106 Å². The van der Waals surface area contributed by atoms with Crippen molar-refractivity contribution < 1.29 is 0 Å². The minimum absolute atomic E-state index is 0.107. The zero-order valence-electron chi connectivity index (χ0n) is 10.8. The van der Waals surface area contributed by atoms with Gasteiger partial charge in [-0.05, 0) is 26.7 Å². The zero-order chi connectivity index (χ0) is 13.1. The number of H-pyrrole nitrogens is 1. The standard InChI is InChI=1S/C13H18N4O/c1-9(2)17(7-3-6-14)11-8-12(18)16-13(15-11)10-4-5-10/h8-10H,3-5,7H2,1-2H3,(H,15,16,18). The summed E-state index contributed by atoms with van der Waals surface area (Å²) in [6.45, 7) is 4.68. The molecule has 0 amide bonds. The zero-order valence-corrected chi connectivity index (χ0v) is 10.8. The van der Waals surface area contributed by atoms with Crippen LogP contribution in [0.3, 0.4) is 0 Å². The smallest absolute Gasteiger partial charge is 0.252 e. The first-order valence-electron chi connectivity index (χ1n) is 6.36. The quantitative estimate of drug-likeness (QED) is 0.859. The molecule has 0 saturated heterocycles. The lowest BCUT2D eigenvalue weighted by atomic mass is 10.2. The predicted molar refractivity (Wildman–Crippen MR) is 69.5 cm³/mol. The van der Waals surface area contributed by atoms with Gasteiger partial charge in [-0.3, -0.25) is 4.79 Å². The van der Waals surface area contributed by atoms with Gasteiger partial charge in [0.15, 0.2) is 0 Å². The molecule has 0 radical (unpaired) electrons. The fourth-order valence-corrected chi connectivity index (χ4v) is 1.97. The number of nitriles is 1. The van der Waals surface area contributed by atoms with Gasteiger partial charge >= 0.3 is 0 Å². The molecular weight excluding hydrogens is 228 g/mol. The van der Waals surface area contributed by atoms with Gasteiger partial charge in [-0.2, -0.15) is 5.26 Å². The summed E-state index contributed by atoms with van der Waals surface area (Å²) in [6, 6.07) is 3.87. The summed E-state index contributed by atoms with van der Waals surface area (Å²) in [5, 5.41) is 8.69. The van der Waals surface area contributed by atoms with Gasteiger partial charge in [0, 0.05) is 24.6 Å². The monoisotopic (exact) mass is 246 g/mol. The van der Waals surface area contributed by atoms with E-state index in [1.54, 1.807) is 0 Å². The maximum atomic E-state index is 11.7. The number of nitrogens with one attached hydrogen (secondary N) is 1. The summed E-state index contributed by atoms with van der Waals surface area (Å²) in [4.78, 5) is 21.0. The molecule has 0 atom stereocenters. The second-order valence-corrected chi connectivity index (χ2v) is 4.96. The molecule has 0 aromatic carbocycles. The molecule has 0 aliphatic heterocycles. The second kappa shape index (κ2) is 5.21. The molecule has 0 spiro atoms. The fraction of sp³-hybridized carbons (Fsp3) is 0.615. The van der Waals surface area contributed by atoms with E-state index in [2.05, 4.69) is 16.0 Å². The summed E-state index contributed by atoms with van der Waals surface area (Å²) < 4.78 is 0. The molecule has 2 rings (SSSR count). The van der Waals surface area contributed by atoms with Crippen molar-refractivity contribution in [3.63, 3.8) is 0 Å². The van der Waals surface area contributed by atoms with Crippen LogP contribution in [-0.4, -0.2) is 22.6 Å². The van der Waals surface area contributed by atoms with Gasteiger partial charge in [0.2, 0.25) is 0 Å². The summed E-state index contributed by atoms with van der Waals surface area (Å²) >= 11 is 0. The van der Waals surface area contributed by atoms with E-state index in [0.29, 0.717) is 24.7 Å². The third kappa shape index (κ3) is 2.89. The average molecular weight is 246 g/mol. The van der Waals surface area contributed by atoms with Gasteiger partial charge in [-0.1, -0.05) is 0 Å². The number of rotatable bonds is 5. The molecule has 0 bridgehead atoms. The van der Waals surface area contributed by atoms with E-state index in [9.17, 15) is 4.79 Å². The second-order valence-electron chi connectivity index (χ2n) is 4.96. The minimum Gasteiger partial charge on any atom is -0.353 e. The molecule has 1 saturated carbocycles. The van der Waals surface area contributed by atoms with Crippen LogP contribution < -0.4 is 10.5 Å². The van der Waals surface area contributed by atoms with Gasteiger partial charge < -0.3 is 9.88 Å². The van der Waals surface area contributed by atoms with Gasteiger partial charge in [0.25, 0.3) is 5.56 Å². The Bertz CT molecular complexity index is 510. The predicted octanol–water partition coefficient (Wildman–Crippen LogP) is 1.78. The molecule has 0 unspecified atom stereocenters. The Morgan fingerprint density at radius 3 is 2.89 bits per heavy atom. The molecule has 96 valence electrons. The van der Waals surface area contributed by atoms with Crippen LogP contribution in [0.2, 0.25) is 0 Å². The fourth-order valence-electron chi connectivity index (χ4n) is 1.97. The van der Waals surface area contributed by atoms with Gasteiger partial charge in [0.1, 0.15) is 11.6 Å². The number of anilines is 1. The molecule has 5 heteroatoms. The number of aromatic amines is 1. The van der Waals surface area contributed by atoms with E-state index in [-0.39, 0.29) is 11.6 Å². The van der Waals surface area contributed by atoms with Crippen molar-refractivity contribution in [3.05, 3.63) is 22.2 Å². The number of hydrogen-bond acceptors (Lipinski definition) is 4. The van der Waals surface area contributed by atoms with Crippen molar-refractivity contribution in [2.45, 2.75) is 45.1 Å². The van der Waals surface area contributed by atoms with Crippen molar-refractivity contribution in [1.82, 2.24) is 9.97 Å². The molecule has 1 aromatic heterocycles. The molecule has 1 aliphatic rings. The highest BCUT2D eigenvalue weighted by Gasteiger charge is 2.27. The molecular formula is C13H18N4O. The Morgan fingerprint density at radius 2 is 2.33 bits per heavy atom. The Hall–Kier alpha value is -1.83. The molecule has 5 nitrogen and oxygen atoms in total. The van der Waals surface area contributed by atoms with Crippen LogP contribution in [0.25, 0.3) is 0 Å². The highest BCUT2D eigenvalue weighted by molar-refractivity contribution is 5.39. The largest absolute Gasteiger partial charge is 0.353 e. The van der Waals surface area contributed by atoms with Gasteiger partial charge in [-0.25, -0.2) is 4.98 Å². The number of nitrogens with zero attached hydrogens (tertiary/aromatic N) is 3. The molecule has 1 fully saturated rings. The summed E-state index contributed by atoms with van der Waals surface area (Å²) in [6.07, 6.45) is 2.64. The lowest BCUT2D eigenvalue weighted by Gasteiger charge is -2.27. The van der Waals surface area contributed by atoms with Crippen molar-refractivity contribution >= 4 is 5.82 Å². The van der Waals surface area contributed by atoms with E-state index in [0.717, 1.165) is 18.7 Å². The van der Waals surface area contributed by atoms with Crippen LogP contribution in [-0.2, 0) is 0 Å². The number of hydrogen-bond donors (Lipinski definition) is 1. The average Bonchev–Trinajstić information content (AvgIpc) is 3.12. The third-order valence-electron chi connectivity index (χ3n) is 3.09. The first-order chi connectivity index (χ1) is 8.61. The molecule has 1 heterocycles. The summed E-state index contributed by atoms with van der Waals surface area (Å²) in [5.74, 6) is 1.90. The maximum Gasteiger partial charge on any atom is 0.252 e. The Balaban J connectivity index is 2.28. The number of aromatic nitrogens is 2. The molecule has 1 N–H and O–H groups in total. The van der Waals surface area contributed by atoms with E-state index in [1.165, 1.54) is 6.07 Å². The summed E-state index contributed by atoms with van der Waals surface area (Å²) in [7, 11) is 0. The first kappa shape index (κ1) is 12.6. The lowest BCUT2D eigenvalue weighted by molar-refractivity contribution is 0.671. The normalized spacial score (nSPS) is 14.6. The highest BCUT2D eigenvalue weighted by Crippen LogP contribution is 2.37. The van der Waals surface area contributed by atoms with E-state index >= 15 is 0 Å². The first-order valence-corrected chi connectivity index (χ1v) is 6.36. The van der Waals surface area contributed by atoms with Crippen LogP contribution in [0, 0.1) is 11.3 Å². The lowest BCUT2D eigenvalue weighted by Crippen LogP contribution is -2.33. The van der Waals surface area contributed by atoms with Crippen LogP contribution in [0.5, 0.6) is 0 Å². The van der Waals surface area contributed by atoms with Crippen LogP contribution in [0.15, 0.2) is 10.9 Å². The maximum absolute atomic E-state index is 11.7. The van der Waals surface area contributed by atoms with Crippen molar-refractivity contribution in [1.29, 1.82) is 5.26 Å². The van der Waals surface area contributed by atoms with E-state index in [4.69, 9.17) is 5.26 Å². The highest BCUT2D eigenvalue weighted by atomic mass is 16.1. The third-order valence-corrected chi connectivity index (χ3v) is 3.09. The van der Waals surface area contributed by atoms with Crippen LogP contribution >= 0.6 is 0 Å². The molecule has 1 aromatic rings. The van der Waals surface area contributed by atoms with Gasteiger partial charge in [-0.15, -0.1) is 0 Å². The minimum atomic E-state index is -0.107. The topological polar surface area (TPSA) is 72.8 Å². The Morgan fingerprint density at radius 1 is 1.61 bits per heavy atom. The van der Waals surface area contributed by atoms with Crippen molar-refractivity contribution in [2.75, 3.05) is 11.4 Å². The summed E-state index contributed by atoms with van der Waals surface area (Å²) in [5.41, 5.74) is -0.107. The Kier molecular flexibility index (Phi) is 3.66. The SMILES string of the molecule is CC(C)N(CCC#N)c1cc(=O)[nH]c(C2CC2)n1. The molecule has 1 aliphatic carbocycles. The van der Waals surface area contributed by atoms with Gasteiger partial charge in [0.05, 0.1) is 12.5 Å². The van der Waals surface area contributed by atoms with Crippen LogP contribution in [0.1, 0.15) is 44.9 Å². The van der Waals surface area contributed by atoms with E-state index < -0.39 is 0 Å². The van der Waals surface area contributed by atoms with Crippen LogP contribution in [0.4, 0.5) is 5.82 Å². The van der Waals surface area contributed by atoms with E-state index in [1.807, 2.05) is 18.7 Å². The van der Waals surface area contributed by atoms with Crippen molar-refractivity contribution in [2.24, 2.45) is 0 Å². The molecule has 18 heavy (non-hydrogen) atoms. The van der Waals surface area contributed by atoms with Crippen molar-refractivity contribution in [3.8, 4) is 6.07 Å².